The first kappa shape index (κ1) is 17.5. The number of benzene rings is 1. The van der Waals surface area contributed by atoms with Crippen LogP contribution in [0.25, 0.3) is 10.9 Å². The molecule has 1 unspecified atom stereocenters. The van der Waals surface area contributed by atoms with Gasteiger partial charge in [-0.3, -0.25) is 9.59 Å². The van der Waals surface area contributed by atoms with Gasteiger partial charge in [0.05, 0.1) is 19.4 Å². The van der Waals surface area contributed by atoms with Crippen LogP contribution in [-0.2, 0) is 25.5 Å². The van der Waals surface area contributed by atoms with Gasteiger partial charge in [-0.2, -0.15) is 0 Å². The molecule has 0 radical (unpaired) electrons. The minimum absolute atomic E-state index is 0.0414. The molecule has 0 spiro atoms. The molecule has 0 saturated carbocycles. The van der Waals surface area contributed by atoms with E-state index in [0.717, 1.165) is 0 Å². The van der Waals surface area contributed by atoms with Crippen molar-refractivity contribution in [3.63, 3.8) is 0 Å². The number of halogens is 1. The van der Waals surface area contributed by atoms with Crippen LogP contribution in [0.5, 0.6) is 0 Å². The molecule has 1 aromatic carbocycles. The van der Waals surface area contributed by atoms with Gasteiger partial charge in [-0.1, -0.05) is 0 Å². The topological polar surface area (TPSA) is 114 Å². The summed E-state index contributed by atoms with van der Waals surface area (Å²) in [5, 5.41) is 3.15. The quantitative estimate of drug-likeness (QED) is 0.648. The van der Waals surface area contributed by atoms with E-state index in [-0.39, 0.29) is 25.3 Å². The Morgan fingerprint density at radius 1 is 1.38 bits per heavy atom. The summed E-state index contributed by atoms with van der Waals surface area (Å²) in [4.78, 5) is 37.9. The molecule has 0 bridgehead atoms. The van der Waals surface area contributed by atoms with Gasteiger partial charge in [0, 0.05) is 17.1 Å². The van der Waals surface area contributed by atoms with Gasteiger partial charge < -0.3 is 20.8 Å². The number of fused-ring (bicyclic) bond motifs is 1. The van der Waals surface area contributed by atoms with E-state index < -0.39 is 23.8 Å². The number of primary amides is 1. The van der Waals surface area contributed by atoms with Crippen LogP contribution in [0.4, 0.5) is 4.39 Å². The number of nitrogens with two attached hydrogens (primary N) is 1. The van der Waals surface area contributed by atoms with Gasteiger partial charge in [-0.25, -0.2) is 9.18 Å². The Morgan fingerprint density at radius 3 is 2.79 bits per heavy atom. The summed E-state index contributed by atoms with van der Waals surface area (Å²) < 4.78 is 18.0. The van der Waals surface area contributed by atoms with Crippen LogP contribution in [0.15, 0.2) is 24.4 Å². The number of nitrogens with one attached hydrogen (secondary N) is 2. The minimum Gasteiger partial charge on any atom is -0.464 e. The standard InChI is InChI=1S/C16H18FN3O4/c1-2-24-16(23)13(7-14(18)21)20-15(22)5-9-8-19-12-6-10(17)3-4-11(9)12/h3-4,6,8,13,19H,2,5,7H2,1H3,(H2,18,21)(H,20,22). The van der Waals surface area contributed by atoms with Crippen molar-refractivity contribution >= 4 is 28.7 Å². The minimum atomic E-state index is -1.13. The highest BCUT2D eigenvalue weighted by atomic mass is 19.1. The van der Waals surface area contributed by atoms with Crippen molar-refractivity contribution in [1.82, 2.24) is 10.3 Å². The summed E-state index contributed by atoms with van der Waals surface area (Å²) in [5.41, 5.74) is 6.30. The molecule has 2 rings (SSSR count). The van der Waals surface area contributed by atoms with Crippen molar-refractivity contribution in [3.05, 3.63) is 35.8 Å². The van der Waals surface area contributed by atoms with Crippen LogP contribution < -0.4 is 11.1 Å². The van der Waals surface area contributed by atoms with Gasteiger partial charge in [0.25, 0.3) is 0 Å². The smallest absolute Gasteiger partial charge is 0.329 e. The van der Waals surface area contributed by atoms with Gasteiger partial charge >= 0.3 is 5.97 Å². The number of carbonyl (C=O) groups is 3. The Balaban J connectivity index is 2.09. The second-order valence-electron chi connectivity index (χ2n) is 5.22. The number of aromatic nitrogens is 1. The molecule has 0 fully saturated rings. The highest BCUT2D eigenvalue weighted by Crippen LogP contribution is 2.19. The zero-order valence-corrected chi connectivity index (χ0v) is 13.1. The highest BCUT2D eigenvalue weighted by molar-refractivity contribution is 5.92. The molecule has 1 atom stereocenters. The predicted molar refractivity (Wildman–Crippen MR) is 84.3 cm³/mol. The first-order chi connectivity index (χ1) is 11.4. The molecule has 0 saturated heterocycles. The highest BCUT2D eigenvalue weighted by Gasteiger charge is 2.24. The zero-order valence-electron chi connectivity index (χ0n) is 13.1. The van der Waals surface area contributed by atoms with Crippen molar-refractivity contribution in [2.45, 2.75) is 25.8 Å². The molecule has 0 aliphatic carbocycles. The fourth-order valence-electron chi connectivity index (χ4n) is 2.36. The molecule has 0 aliphatic heterocycles. The van der Waals surface area contributed by atoms with Crippen molar-refractivity contribution in [2.75, 3.05) is 6.61 Å². The molecule has 0 aliphatic rings. The van der Waals surface area contributed by atoms with E-state index in [1.54, 1.807) is 19.2 Å². The lowest BCUT2D eigenvalue weighted by atomic mass is 10.1. The summed E-state index contributed by atoms with van der Waals surface area (Å²) in [6.45, 7) is 1.74. The number of rotatable bonds is 7. The van der Waals surface area contributed by atoms with Gasteiger partial charge in [0.15, 0.2) is 0 Å². The molecule has 2 aromatic rings. The van der Waals surface area contributed by atoms with E-state index >= 15 is 0 Å². The Bertz CT molecular complexity index is 772. The van der Waals surface area contributed by atoms with Crippen LogP contribution in [0.1, 0.15) is 18.9 Å². The van der Waals surface area contributed by atoms with E-state index in [2.05, 4.69) is 10.3 Å². The third kappa shape index (κ3) is 4.31. The van der Waals surface area contributed by atoms with Crippen molar-refractivity contribution in [3.8, 4) is 0 Å². The van der Waals surface area contributed by atoms with E-state index in [9.17, 15) is 18.8 Å². The van der Waals surface area contributed by atoms with Gasteiger partial charge in [-0.05, 0) is 30.7 Å². The maximum atomic E-state index is 13.2. The number of aromatic amines is 1. The Labute approximate surface area is 137 Å². The first-order valence-corrected chi connectivity index (χ1v) is 7.40. The summed E-state index contributed by atoms with van der Waals surface area (Å²) in [5.74, 6) is -2.30. The van der Waals surface area contributed by atoms with E-state index in [1.165, 1.54) is 12.1 Å². The first-order valence-electron chi connectivity index (χ1n) is 7.40. The summed E-state index contributed by atoms with van der Waals surface area (Å²) in [7, 11) is 0. The molecule has 24 heavy (non-hydrogen) atoms. The predicted octanol–water partition coefficient (Wildman–Crippen LogP) is 0.773. The number of ether oxygens (including phenoxy) is 1. The van der Waals surface area contributed by atoms with Crippen molar-refractivity contribution < 1.29 is 23.5 Å². The molecular formula is C16H18FN3O4. The lowest BCUT2D eigenvalue weighted by Gasteiger charge is -2.15. The van der Waals surface area contributed by atoms with Crippen LogP contribution in [0.3, 0.4) is 0 Å². The molecule has 7 nitrogen and oxygen atoms in total. The Morgan fingerprint density at radius 2 is 2.12 bits per heavy atom. The summed E-state index contributed by atoms with van der Waals surface area (Å²) >= 11 is 0. The van der Waals surface area contributed by atoms with Gasteiger partial charge in [0.1, 0.15) is 11.9 Å². The maximum absolute atomic E-state index is 13.2. The van der Waals surface area contributed by atoms with Crippen LogP contribution >= 0.6 is 0 Å². The van der Waals surface area contributed by atoms with Gasteiger partial charge in [0.2, 0.25) is 11.8 Å². The summed E-state index contributed by atoms with van der Waals surface area (Å²) in [6.07, 6.45) is 1.21. The number of amides is 2. The molecule has 2 amide bonds. The third-order valence-electron chi connectivity index (χ3n) is 3.39. The average molecular weight is 335 g/mol. The molecule has 128 valence electrons. The molecular weight excluding hydrogens is 317 g/mol. The van der Waals surface area contributed by atoms with Crippen LogP contribution in [-0.4, -0.2) is 35.4 Å². The molecule has 1 aromatic heterocycles. The van der Waals surface area contributed by atoms with Crippen molar-refractivity contribution in [1.29, 1.82) is 0 Å². The van der Waals surface area contributed by atoms with Crippen LogP contribution in [0.2, 0.25) is 0 Å². The number of H-pyrrole nitrogens is 1. The fourth-order valence-corrected chi connectivity index (χ4v) is 2.36. The van der Waals surface area contributed by atoms with Crippen LogP contribution in [0, 0.1) is 5.82 Å². The molecule has 8 heteroatoms. The molecule has 4 N–H and O–H groups in total. The lowest BCUT2D eigenvalue weighted by Crippen LogP contribution is -2.44. The largest absolute Gasteiger partial charge is 0.464 e. The number of hydrogen-bond donors (Lipinski definition) is 3. The van der Waals surface area contributed by atoms with Crippen molar-refractivity contribution in [2.24, 2.45) is 5.73 Å². The SMILES string of the molecule is CCOC(=O)C(CC(N)=O)NC(=O)Cc1c[nH]c2cc(F)ccc12. The maximum Gasteiger partial charge on any atom is 0.329 e. The van der Waals surface area contributed by atoms with E-state index in [4.69, 9.17) is 10.5 Å². The normalized spacial score (nSPS) is 11.9. The second-order valence-corrected chi connectivity index (χ2v) is 5.22. The second kappa shape index (κ2) is 7.58. The monoisotopic (exact) mass is 335 g/mol. The number of carbonyl (C=O) groups excluding carboxylic acids is 3. The Kier molecular flexibility index (Phi) is 5.51. The summed E-state index contributed by atoms with van der Waals surface area (Å²) in [6, 6.07) is 3.06. The van der Waals surface area contributed by atoms with E-state index in [1.807, 2.05) is 0 Å². The lowest BCUT2D eigenvalue weighted by molar-refractivity contribution is -0.148. The fraction of sp³-hybridized carbons (Fsp3) is 0.312. The number of esters is 1. The molecule has 1 heterocycles. The number of hydrogen-bond acceptors (Lipinski definition) is 4. The zero-order chi connectivity index (χ0) is 17.7. The van der Waals surface area contributed by atoms with E-state index in [0.29, 0.717) is 16.5 Å². The average Bonchev–Trinajstić information content (AvgIpc) is 2.88. The van der Waals surface area contributed by atoms with Gasteiger partial charge in [-0.15, -0.1) is 0 Å². The third-order valence-corrected chi connectivity index (χ3v) is 3.39. The Hall–Kier alpha value is -2.90.